The van der Waals surface area contributed by atoms with Crippen LogP contribution in [0.15, 0.2) is 0 Å². The minimum Gasteiger partial charge on any atom is -0.385 e. The van der Waals surface area contributed by atoms with Gasteiger partial charge < -0.3 is 19.1 Å². The number of methoxy groups -OCH3 is 2. The van der Waals surface area contributed by atoms with E-state index in [2.05, 4.69) is 0 Å². The zero-order valence-electron chi connectivity index (χ0n) is 12.7. The Morgan fingerprint density at radius 2 is 1.80 bits per heavy atom. The average Bonchev–Trinajstić information content (AvgIpc) is 2.43. The lowest BCUT2D eigenvalue weighted by Gasteiger charge is -2.39. The van der Waals surface area contributed by atoms with Crippen LogP contribution < -0.4 is 0 Å². The molecule has 0 unspecified atom stereocenters. The van der Waals surface area contributed by atoms with Crippen molar-refractivity contribution in [3.63, 3.8) is 0 Å². The summed E-state index contributed by atoms with van der Waals surface area (Å²) < 4.78 is 16.3. The van der Waals surface area contributed by atoms with Crippen molar-refractivity contribution in [2.75, 3.05) is 33.9 Å². The van der Waals surface area contributed by atoms with E-state index in [0.29, 0.717) is 31.3 Å². The Kier molecular flexibility index (Phi) is 6.26. The molecule has 0 radical (unpaired) electrons. The Labute approximate surface area is 121 Å². The van der Waals surface area contributed by atoms with Crippen LogP contribution in [0.5, 0.6) is 0 Å². The molecule has 1 aliphatic carbocycles. The number of likely N-dealkylation sites (tertiary alicyclic amines) is 1. The molecule has 2 aliphatic rings. The van der Waals surface area contributed by atoms with Gasteiger partial charge in [-0.15, -0.1) is 0 Å². The SMILES string of the molecule is COCCCC(=O)N1CCC(OC2CC(OC)C2)CC1. The first-order valence-corrected chi connectivity index (χ1v) is 7.68. The highest BCUT2D eigenvalue weighted by Gasteiger charge is 2.33. The molecule has 0 atom stereocenters. The fourth-order valence-electron chi connectivity index (χ4n) is 2.86. The highest BCUT2D eigenvalue weighted by molar-refractivity contribution is 5.76. The second-order valence-corrected chi connectivity index (χ2v) is 5.76. The summed E-state index contributed by atoms with van der Waals surface area (Å²) in [5.41, 5.74) is 0. The van der Waals surface area contributed by atoms with E-state index in [-0.39, 0.29) is 5.91 Å². The van der Waals surface area contributed by atoms with Crippen molar-refractivity contribution in [2.45, 2.75) is 56.8 Å². The van der Waals surface area contributed by atoms with Crippen LogP contribution >= 0.6 is 0 Å². The third-order valence-electron chi connectivity index (χ3n) is 4.30. The average molecular weight is 285 g/mol. The maximum absolute atomic E-state index is 12.0. The maximum Gasteiger partial charge on any atom is 0.222 e. The van der Waals surface area contributed by atoms with Crippen LogP contribution in [-0.2, 0) is 19.0 Å². The fourth-order valence-corrected chi connectivity index (χ4v) is 2.86. The fraction of sp³-hybridized carbons (Fsp3) is 0.933. The molecule has 0 spiro atoms. The first-order chi connectivity index (χ1) is 9.72. The molecule has 116 valence electrons. The van der Waals surface area contributed by atoms with E-state index in [9.17, 15) is 4.79 Å². The lowest BCUT2D eigenvalue weighted by Crippen LogP contribution is -2.44. The molecule has 1 amide bonds. The van der Waals surface area contributed by atoms with Crippen LogP contribution in [0.3, 0.4) is 0 Å². The second-order valence-electron chi connectivity index (χ2n) is 5.76. The van der Waals surface area contributed by atoms with E-state index < -0.39 is 0 Å². The van der Waals surface area contributed by atoms with Crippen molar-refractivity contribution in [3.05, 3.63) is 0 Å². The Balaban J connectivity index is 1.59. The van der Waals surface area contributed by atoms with Crippen molar-refractivity contribution < 1.29 is 19.0 Å². The van der Waals surface area contributed by atoms with Gasteiger partial charge in [0.15, 0.2) is 0 Å². The Bertz CT molecular complexity index is 296. The van der Waals surface area contributed by atoms with E-state index in [0.717, 1.165) is 45.2 Å². The first kappa shape index (κ1) is 15.7. The third-order valence-corrected chi connectivity index (χ3v) is 4.30. The molecule has 5 heteroatoms. The molecule has 2 rings (SSSR count). The van der Waals surface area contributed by atoms with E-state index in [1.165, 1.54) is 0 Å². The van der Waals surface area contributed by atoms with E-state index in [1.807, 2.05) is 4.90 Å². The number of ether oxygens (including phenoxy) is 3. The smallest absolute Gasteiger partial charge is 0.222 e. The van der Waals surface area contributed by atoms with E-state index in [1.54, 1.807) is 14.2 Å². The predicted molar refractivity (Wildman–Crippen MR) is 75.6 cm³/mol. The highest BCUT2D eigenvalue weighted by Crippen LogP contribution is 2.29. The van der Waals surface area contributed by atoms with E-state index in [4.69, 9.17) is 14.2 Å². The van der Waals surface area contributed by atoms with Gasteiger partial charge in [0.05, 0.1) is 18.3 Å². The van der Waals surface area contributed by atoms with Gasteiger partial charge in [-0.1, -0.05) is 0 Å². The molecule has 0 aromatic carbocycles. The van der Waals surface area contributed by atoms with Crippen molar-refractivity contribution in [1.82, 2.24) is 4.90 Å². The Hall–Kier alpha value is -0.650. The summed E-state index contributed by atoms with van der Waals surface area (Å²) in [5, 5.41) is 0. The van der Waals surface area contributed by atoms with Gasteiger partial charge in [-0.05, 0) is 32.1 Å². The van der Waals surface area contributed by atoms with Crippen LogP contribution in [0, 0.1) is 0 Å². The minimum atomic E-state index is 0.253. The number of amides is 1. The molecular weight excluding hydrogens is 258 g/mol. The van der Waals surface area contributed by atoms with Crippen LogP contribution in [-0.4, -0.2) is 63.0 Å². The molecule has 20 heavy (non-hydrogen) atoms. The molecule has 1 saturated heterocycles. The molecule has 0 aromatic heterocycles. The number of carbonyl (C=O) groups is 1. The summed E-state index contributed by atoms with van der Waals surface area (Å²) in [6.45, 7) is 2.32. The van der Waals surface area contributed by atoms with Gasteiger partial charge in [0.1, 0.15) is 0 Å². The van der Waals surface area contributed by atoms with Gasteiger partial charge in [-0.25, -0.2) is 0 Å². The zero-order chi connectivity index (χ0) is 14.4. The summed E-state index contributed by atoms with van der Waals surface area (Å²) in [5.74, 6) is 0.253. The summed E-state index contributed by atoms with van der Waals surface area (Å²) in [7, 11) is 3.43. The Morgan fingerprint density at radius 1 is 1.10 bits per heavy atom. The second kappa shape index (κ2) is 7.96. The number of hydrogen-bond acceptors (Lipinski definition) is 4. The lowest BCUT2D eigenvalue weighted by atomic mass is 9.91. The summed E-state index contributed by atoms with van der Waals surface area (Å²) in [4.78, 5) is 13.9. The molecule has 0 aromatic rings. The molecule has 5 nitrogen and oxygen atoms in total. The van der Waals surface area contributed by atoms with Crippen molar-refractivity contribution in [1.29, 1.82) is 0 Å². The molecule has 1 aliphatic heterocycles. The van der Waals surface area contributed by atoms with Crippen LogP contribution in [0.25, 0.3) is 0 Å². The normalized spacial score (nSPS) is 27.4. The molecule has 1 heterocycles. The quantitative estimate of drug-likeness (QED) is 0.667. The third kappa shape index (κ3) is 4.43. The first-order valence-electron chi connectivity index (χ1n) is 7.68. The van der Waals surface area contributed by atoms with Gasteiger partial charge in [-0.2, -0.15) is 0 Å². The van der Waals surface area contributed by atoms with Gasteiger partial charge >= 0.3 is 0 Å². The summed E-state index contributed by atoms with van der Waals surface area (Å²) in [6.07, 6.45) is 6.45. The predicted octanol–water partition coefficient (Wildman–Crippen LogP) is 1.60. The minimum absolute atomic E-state index is 0.253. The topological polar surface area (TPSA) is 48.0 Å². The number of carbonyl (C=O) groups excluding carboxylic acids is 1. The number of nitrogens with zero attached hydrogens (tertiary/aromatic N) is 1. The van der Waals surface area contributed by atoms with Crippen LogP contribution in [0.2, 0.25) is 0 Å². The van der Waals surface area contributed by atoms with Gasteiger partial charge in [0.2, 0.25) is 5.91 Å². The van der Waals surface area contributed by atoms with Crippen LogP contribution in [0.1, 0.15) is 38.5 Å². The molecule has 2 fully saturated rings. The standard InChI is InChI=1S/C15H27NO4/c1-18-9-3-4-15(17)16-7-5-12(6-8-16)20-14-10-13(11-14)19-2/h12-14H,3-11H2,1-2H3. The molecular formula is C15H27NO4. The molecule has 0 bridgehead atoms. The van der Waals surface area contributed by atoms with Crippen molar-refractivity contribution >= 4 is 5.91 Å². The largest absolute Gasteiger partial charge is 0.385 e. The van der Waals surface area contributed by atoms with Crippen molar-refractivity contribution in [2.24, 2.45) is 0 Å². The van der Waals surface area contributed by atoms with Gasteiger partial charge in [-0.3, -0.25) is 4.79 Å². The number of rotatable bonds is 7. The lowest BCUT2D eigenvalue weighted by molar-refractivity contribution is -0.141. The highest BCUT2D eigenvalue weighted by atomic mass is 16.5. The summed E-state index contributed by atoms with van der Waals surface area (Å²) >= 11 is 0. The Morgan fingerprint density at radius 3 is 2.40 bits per heavy atom. The summed E-state index contributed by atoms with van der Waals surface area (Å²) in [6, 6.07) is 0. The molecule has 1 saturated carbocycles. The number of hydrogen-bond donors (Lipinski definition) is 0. The monoisotopic (exact) mass is 285 g/mol. The van der Waals surface area contributed by atoms with Gasteiger partial charge in [0, 0.05) is 40.3 Å². The van der Waals surface area contributed by atoms with Gasteiger partial charge in [0.25, 0.3) is 0 Å². The van der Waals surface area contributed by atoms with Crippen LogP contribution in [0.4, 0.5) is 0 Å². The molecule has 0 N–H and O–H groups in total. The number of piperidine rings is 1. The maximum atomic E-state index is 12.0. The van der Waals surface area contributed by atoms with E-state index >= 15 is 0 Å². The van der Waals surface area contributed by atoms with Crippen molar-refractivity contribution in [3.8, 4) is 0 Å². The zero-order valence-corrected chi connectivity index (χ0v) is 12.7.